The summed E-state index contributed by atoms with van der Waals surface area (Å²) < 4.78 is 28.1. The van der Waals surface area contributed by atoms with Gasteiger partial charge in [-0.3, -0.25) is 0 Å². The first-order chi connectivity index (χ1) is 8.10. The third kappa shape index (κ3) is 3.17. The van der Waals surface area contributed by atoms with Crippen molar-refractivity contribution in [2.75, 3.05) is 59.4 Å². The van der Waals surface area contributed by atoms with Gasteiger partial charge in [0.2, 0.25) is 0 Å². The van der Waals surface area contributed by atoms with Crippen LogP contribution in [0.2, 0.25) is 0 Å². The number of piperazine rings is 1. The molecule has 0 spiro atoms. The SMILES string of the molecule is CN1CCCN(S(=O)(=O)N2CCNCC2)CC1. The normalized spacial score (nSPS) is 26.9. The average molecular weight is 262 g/mol. The first kappa shape index (κ1) is 13.2. The van der Waals surface area contributed by atoms with Crippen molar-refractivity contribution in [1.29, 1.82) is 0 Å². The minimum absolute atomic E-state index is 0.592. The van der Waals surface area contributed by atoms with E-state index < -0.39 is 10.2 Å². The molecular formula is C10H22N4O2S. The number of hydrogen-bond acceptors (Lipinski definition) is 4. The van der Waals surface area contributed by atoms with E-state index >= 15 is 0 Å². The van der Waals surface area contributed by atoms with Crippen LogP contribution in [0.15, 0.2) is 0 Å². The summed E-state index contributed by atoms with van der Waals surface area (Å²) in [4.78, 5) is 2.19. The zero-order valence-electron chi connectivity index (χ0n) is 10.4. The molecule has 0 saturated carbocycles. The topological polar surface area (TPSA) is 55.9 Å². The van der Waals surface area contributed by atoms with E-state index in [2.05, 4.69) is 10.2 Å². The second kappa shape index (κ2) is 5.62. The van der Waals surface area contributed by atoms with Gasteiger partial charge in [-0.15, -0.1) is 0 Å². The van der Waals surface area contributed by atoms with Gasteiger partial charge in [-0.1, -0.05) is 0 Å². The highest BCUT2D eigenvalue weighted by Crippen LogP contribution is 2.12. The Morgan fingerprint density at radius 2 is 1.53 bits per heavy atom. The minimum Gasteiger partial charge on any atom is -0.314 e. The summed E-state index contributed by atoms with van der Waals surface area (Å²) in [5, 5.41) is 3.18. The number of likely N-dealkylation sites (N-methyl/N-ethyl adjacent to an activating group) is 1. The molecule has 0 atom stereocenters. The van der Waals surface area contributed by atoms with Gasteiger partial charge in [0.15, 0.2) is 0 Å². The Labute approximate surface area is 104 Å². The molecule has 2 rings (SSSR count). The molecule has 0 amide bonds. The van der Waals surface area contributed by atoms with Crippen molar-refractivity contribution < 1.29 is 8.42 Å². The molecule has 6 nitrogen and oxygen atoms in total. The summed E-state index contributed by atoms with van der Waals surface area (Å²) in [5.41, 5.74) is 0. The molecule has 0 radical (unpaired) electrons. The van der Waals surface area contributed by atoms with E-state index in [4.69, 9.17) is 0 Å². The molecule has 2 aliphatic heterocycles. The van der Waals surface area contributed by atoms with Crippen molar-refractivity contribution in [2.45, 2.75) is 6.42 Å². The second-order valence-electron chi connectivity index (χ2n) is 4.71. The van der Waals surface area contributed by atoms with E-state index in [1.54, 1.807) is 8.61 Å². The van der Waals surface area contributed by atoms with E-state index in [1.165, 1.54) is 0 Å². The predicted molar refractivity (Wildman–Crippen MR) is 67.0 cm³/mol. The van der Waals surface area contributed by atoms with Gasteiger partial charge in [-0.2, -0.15) is 17.0 Å². The fourth-order valence-corrected chi connectivity index (χ4v) is 3.93. The Balaban J connectivity index is 2.03. The van der Waals surface area contributed by atoms with E-state index in [1.807, 2.05) is 7.05 Å². The van der Waals surface area contributed by atoms with E-state index in [-0.39, 0.29) is 0 Å². The summed E-state index contributed by atoms with van der Waals surface area (Å²) >= 11 is 0. The van der Waals surface area contributed by atoms with Crippen molar-refractivity contribution in [3.63, 3.8) is 0 Å². The van der Waals surface area contributed by atoms with Gasteiger partial charge in [-0.25, -0.2) is 0 Å². The van der Waals surface area contributed by atoms with Crippen LogP contribution in [0.25, 0.3) is 0 Å². The van der Waals surface area contributed by atoms with Gasteiger partial charge < -0.3 is 10.2 Å². The molecular weight excluding hydrogens is 240 g/mol. The number of nitrogens with one attached hydrogen (secondary N) is 1. The third-order valence-electron chi connectivity index (χ3n) is 3.41. The fourth-order valence-electron chi connectivity index (χ4n) is 2.29. The Morgan fingerprint density at radius 3 is 2.24 bits per heavy atom. The smallest absolute Gasteiger partial charge is 0.282 e. The molecule has 2 saturated heterocycles. The van der Waals surface area contributed by atoms with Gasteiger partial charge in [0.05, 0.1) is 0 Å². The van der Waals surface area contributed by atoms with Crippen LogP contribution < -0.4 is 5.32 Å². The van der Waals surface area contributed by atoms with Crippen molar-refractivity contribution in [2.24, 2.45) is 0 Å². The van der Waals surface area contributed by atoms with Crippen LogP contribution in [0.4, 0.5) is 0 Å². The van der Waals surface area contributed by atoms with E-state index in [0.29, 0.717) is 26.2 Å². The van der Waals surface area contributed by atoms with Crippen molar-refractivity contribution in [3.05, 3.63) is 0 Å². The van der Waals surface area contributed by atoms with Crippen LogP contribution in [-0.4, -0.2) is 81.3 Å². The summed E-state index contributed by atoms with van der Waals surface area (Å²) in [7, 11) is -1.19. The first-order valence-electron chi connectivity index (χ1n) is 6.25. The second-order valence-corrected chi connectivity index (χ2v) is 6.64. The lowest BCUT2D eigenvalue weighted by molar-refractivity contribution is 0.308. The molecule has 1 N–H and O–H groups in total. The highest BCUT2D eigenvalue weighted by molar-refractivity contribution is 7.86. The summed E-state index contributed by atoms with van der Waals surface area (Å²) in [5.74, 6) is 0. The molecule has 100 valence electrons. The largest absolute Gasteiger partial charge is 0.314 e. The zero-order valence-corrected chi connectivity index (χ0v) is 11.2. The van der Waals surface area contributed by atoms with E-state index in [0.717, 1.165) is 32.6 Å². The molecule has 17 heavy (non-hydrogen) atoms. The number of rotatable bonds is 2. The summed E-state index contributed by atoms with van der Waals surface area (Å²) in [6.45, 7) is 5.77. The maximum atomic E-state index is 12.4. The number of nitrogens with zero attached hydrogens (tertiary/aromatic N) is 3. The zero-order chi connectivity index (χ0) is 12.3. The fraction of sp³-hybridized carbons (Fsp3) is 1.00. The quantitative estimate of drug-likeness (QED) is 0.677. The lowest BCUT2D eigenvalue weighted by Crippen LogP contribution is -2.52. The van der Waals surface area contributed by atoms with Gasteiger partial charge in [-0.05, 0) is 20.0 Å². The number of hydrogen-bond donors (Lipinski definition) is 1. The standard InChI is InChI=1S/C10H22N4O2S/c1-12-5-2-6-13(10-9-12)17(15,16)14-7-3-11-4-8-14/h11H,2-10H2,1H3. The Hall–Kier alpha value is -0.210. The average Bonchev–Trinajstić information content (AvgIpc) is 2.55. The molecule has 2 aliphatic rings. The molecule has 0 aromatic carbocycles. The Bertz CT molecular complexity index is 340. The van der Waals surface area contributed by atoms with Crippen LogP contribution in [0, 0.1) is 0 Å². The Kier molecular flexibility index (Phi) is 4.37. The molecule has 0 aromatic rings. The molecule has 2 heterocycles. The molecule has 0 aliphatic carbocycles. The van der Waals surface area contributed by atoms with Gasteiger partial charge >= 0.3 is 0 Å². The van der Waals surface area contributed by atoms with Crippen LogP contribution in [0.5, 0.6) is 0 Å². The molecule has 0 bridgehead atoms. The highest BCUT2D eigenvalue weighted by atomic mass is 32.2. The lowest BCUT2D eigenvalue weighted by atomic mass is 10.4. The third-order valence-corrected chi connectivity index (χ3v) is 5.44. The van der Waals surface area contributed by atoms with Gasteiger partial charge in [0.25, 0.3) is 10.2 Å². The van der Waals surface area contributed by atoms with Crippen LogP contribution in [-0.2, 0) is 10.2 Å². The summed E-state index contributed by atoms with van der Waals surface area (Å²) in [6.07, 6.45) is 0.918. The monoisotopic (exact) mass is 262 g/mol. The van der Waals surface area contributed by atoms with Crippen LogP contribution in [0.1, 0.15) is 6.42 Å². The maximum absolute atomic E-state index is 12.4. The van der Waals surface area contributed by atoms with Crippen molar-refractivity contribution >= 4 is 10.2 Å². The van der Waals surface area contributed by atoms with Gasteiger partial charge in [0.1, 0.15) is 0 Å². The predicted octanol–water partition coefficient (Wildman–Crippen LogP) is -1.23. The van der Waals surface area contributed by atoms with Crippen LogP contribution in [0.3, 0.4) is 0 Å². The Morgan fingerprint density at radius 1 is 0.882 bits per heavy atom. The molecule has 2 fully saturated rings. The first-order valence-corrected chi connectivity index (χ1v) is 7.65. The molecule has 0 aromatic heterocycles. The van der Waals surface area contributed by atoms with E-state index in [9.17, 15) is 8.42 Å². The summed E-state index contributed by atoms with van der Waals surface area (Å²) in [6, 6.07) is 0. The highest BCUT2D eigenvalue weighted by Gasteiger charge is 2.31. The lowest BCUT2D eigenvalue weighted by Gasteiger charge is -2.31. The minimum atomic E-state index is -3.23. The van der Waals surface area contributed by atoms with Crippen LogP contribution >= 0.6 is 0 Å². The van der Waals surface area contributed by atoms with Crippen molar-refractivity contribution in [3.8, 4) is 0 Å². The van der Waals surface area contributed by atoms with Crippen molar-refractivity contribution in [1.82, 2.24) is 18.8 Å². The molecule has 7 heteroatoms. The van der Waals surface area contributed by atoms with Gasteiger partial charge in [0, 0.05) is 45.8 Å². The molecule has 0 unspecified atom stereocenters. The maximum Gasteiger partial charge on any atom is 0.282 e.